The van der Waals surface area contributed by atoms with Gasteiger partial charge in [-0.25, -0.2) is 4.98 Å². The normalized spacial score (nSPS) is 18.7. The number of morpholine rings is 1. The Morgan fingerprint density at radius 1 is 1.15 bits per heavy atom. The number of aromatic nitrogens is 1. The van der Waals surface area contributed by atoms with Crippen LogP contribution in [-0.2, 0) is 9.53 Å². The summed E-state index contributed by atoms with van der Waals surface area (Å²) in [6, 6.07) is 4.02. The van der Waals surface area contributed by atoms with Gasteiger partial charge in [0.15, 0.2) is 0 Å². The molecule has 0 N–H and O–H groups in total. The van der Waals surface area contributed by atoms with E-state index in [-0.39, 0.29) is 17.7 Å². The molecule has 0 atom stereocenters. The van der Waals surface area contributed by atoms with Gasteiger partial charge in [0, 0.05) is 32.1 Å². The molecule has 0 aromatic carbocycles. The predicted molar refractivity (Wildman–Crippen MR) is 106 cm³/mol. The summed E-state index contributed by atoms with van der Waals surface area (Å²) in [4.78, 5) is 35.8. The molecular weight excluding hydrogens is 382 g/mol. The summed E-state index contributed by atoms with van der Waals surface area (Å²) >= 11 is 3.10. The highest BCUT2D eigenvalue weighted by Gasteiger charge is 2.32. The van der Waals surface area contributed by atoms with Crippen LogP contribution in [0, 0.1) is 12.8 Å². The summed E-state index contributed by atoms with van der Waals surface area (Å²) in [5.41, 5.74) is 0.792. The highest BCUT2D eigenvalue weighted by Crippen LogP contribution is 2.32. The van der Waals surface area contributed by atoms with Crippen LogP contribution < -0.4 is 0 Å². The van der Waals surface area contributed by atoms with Crippen molar-refractivity contribution in [1.29, 1.82) is 0 Å². The van der Waals surface area contributed by atoms with E-state index >= 15 is 0 Å². The minimum Gasteiger partial charge on any atom is -0.378 e. The van der Waals surface area contributed by atoms with Crippen LogP contribution in [-0.4, -0.2) is 66.0 Å². The molecule has 8 heteroatoms. The number of thiophene rings is 1. The molecule has 4 rings (SSSR count). The number of hydrogen-bond donors (Lipinski definition) is 0. The average molecular weight is 406 g/mol. The number of rotatable bonds is 3. The molecule has 2 aliphatic heterocycles. The lowest BCUT2D eigenvalue weighted by molar-refractivity contribution is -0.141. The van der Waals surface area contributed by atoms with Gasteiger partial charge < -0.3 is 14.5 Å². The summed E-state index contributed by atoms with van der Waals surface area (Å²) in [5.74, 6) is 0.292. The maximum Gasteiger partial charge on any atom is 0.265 e. The Labute approximate surface area is 166 Å². The highest BCUT2D eigenvalue weighted by atomic mass is 32.1. The fourth-order valence-corrected chi connectivity index (χ4v) is 5.45. The lowest BCUT2D eigenvalue weighted by atomic mass is 9.95. The van der Waals surface area contributed by atoms with Crippen molar-refractivity contribution in [2.45, 2.75) is 19.8 Å². The van der Waals surface area contributed by atoms with Crippen LogP contribution in [0.1, 0.15) is 28.2 Å². The maximum atomic E-state index is 13.0. The quantitative estimate of drug-likeness (QED) is 0.788. The smallest absolute Gasteiger partial charge is 0.265 e. The van der Waals surface area contributed by atoms with Crippen molar-refractivity contribution in [3.63, 3.8) is 0 Å². The first-order valence-corrected chi connectivity index (χ1v) is 11.0. The van der Waals surface area contributed by atoms with Crippen LogP contribution in [0.3, 0.4) is 0 Å². The Bertz CT molecular complexity index is 804. The third-order valence-corrected chi connectivity index (χ3v) is 7.36. The number of nitrogens with zero attached hydrogens (tertiary/aromatic N) is 3. The van der Waals surface area contributed by atoms with Crippen LogP contribution in [0.5, 0.6) is 0 Å². The summed E-state index contributed by atoms with van der Waals surface area (Å²) in [6.07, 6.45) is 1.47. The molecule has 4 heterocycles. The molecule has 27 heavy (non-hydrogen) atoms. The van der Waals surface area contributed by atoms with Crippen molar-refractivity contribution >= 4 is 34.5 Å². The highest BCUT2D eigenvalue weighted by molar-refractivity contribution is 7.22. The number of thiazole rings is 1. The van der Waals surface area contributed by atoms with E-state index in [4.69, 9.17) is 4.74 Å². The van der Waals surface area contributed by atoms with E-state index in [0.29, 0.717) is 39.4 Å². The van der Waals surface area contributed by atoms with E-state index in [0.717, 1.165) is 33.3 Å². The van der Waals surface area contributed by atoms with Gasteiger partial charge in [-0.2, -0.15) is 0 Å². The molecule has 0 aliphatic carbocycles. The molecular formula is C19H23N3O3S2. The fraction of sp³-hybridized carbons (Fsp3) is 0.526. The molecule has 144 valence electrons. The maximum absolute atomic E-state index is 13.0. The monoisotopic (exact) mass is 405 g/mol. The van der Waals surface area contributed by atoms with Crippen molar-refractivity contribution in [2.75, 3.05) is 39.4 Å². The van der Waals surface area contributed by atoms with Gasteiger partial charge in [0.1, 0.15) is 9.88 Å². The zero-order valence-corrected chi connectivity index (χ0v) is 17.0. The second-order valence-electron chi connectivity index (χ2n) is 6.91. The summed E-state index contributed by atoms with van der Waals surface area (Å²) < 4.78 is 5.32. The first-order valence-electron chi connectivity index (χ1n) is 9.30. The standard InChI is InChI=1S/C19H23N3O3S2/c1-13-16(27-17(20-13)15-3-2-12-26-15)19(24)21-6-4-14(5-7-21)18(23)22-8-10-25-11-9-22/h2-3,12,14H,4-11H2,1H3. The molecule has 2 aromatic heterocycles. The van der Waals surface area contributed by atoms with E-state index < -0.39 is 0 Å². The van der Waals surface area contributed by atoms with Crippen molar-refractivity contribution in [3.8, 4) is 9.88 Å². The molecule has 2 amide bonds. The number of piperidine rings is 1. The van der Waals surface area contributed by atoms with Gasteiger partial charge in [-0.3, -0.25) is 9.59 Å². The second-order valence-corrected chi connectivity index (χ2v) is 8.86. The van der Waals surface area contributed by atoms with Crippen molar-refractivity contribution in [2.24, 2.45) is 5.92 Å². The van der Waals surface area contributed by atoms with Crippen LogP contribution in [0.4, 0.5) is 0 Å². The van der Waals surface area contributed by atoms with Crippen molar-refractivity contribution < 1.29 is 14.3 Å². The van der Waals surface area contributed by atoms with Gasteiger partial charge in [0.05, 0.1) is 23.8 Å². The Morgan fingerprint density at radius 3 is 2.56 bits per heavy atom. The van der Waals surface area contributed by atoms with Crippen LogP contribution >= 0.6 is 22.7 Å². The number of likely N-dealkylation sites (tertiary alicyclic amines) is 1. The van der Waals surface area contributed by atoms with Gasteiger partial charge in [-0.1, -0.05) is 6.07 Å². The second kappa shape index (κ2) is 8.08. The summed E-state index contributed by atoms with van der Waals surface area (Å²) in [5, 5.41) is 2.92. The Balaban J connectivity index is 1.38. The first-order chi connectivity index (χ1) is 13.1. The third-order valence-electron chi connectivity index (χ3n) is 5.18. The number of amides is 2. The zero-order chi connectivity index (χ0) is 18.8. The van der Waals surface area contributed by atoms with Crippen molar-refractivity contribution in [3.05, 3.63) is 28.1 Å². The SMILES string of the molecule is Cc1nc(-c2cccs2)sc1C(=O)N1CCC(C(=O)N2CCOCC2)CC1. The summed E-state index contributed by atoms with van der Waals surface area (Å²) in [6.45, 7) is 5.78. The topological polar surface area (TPSA) is 62.7 Å². The number of hydrogen-bond acceptors (Lipinski definition) is 6. The van der Waals surface area contributed by atoms with E-state index in [1.54, 1.807) is 11.3 Å². The van der Waals surface area contributed by atoms with E-state index in [1.165, 1.54) is 11.3 Å². The first kappa shape index (κ1) is 18.6. The number of carbonyl (C=O) groups excluding carboxylic acids is 2. The zero-order valence-electron chi connectivity index (χ0n) is 15.3. The predicted octanol–water partition coefficient (Wildman–Crippen LogP) is 2.89. The van der Waals surface area contributed by atoms with Gasteiger partial charge >= 0.3 is 0 Å². The third kappa shape index (κ3) is 3.93. The Morgan fingerprint density at radius 2 is 1.89 bits per heavy atom. The molecule has 2 saturated heterocycles. The van der Waals surface area contributed by atoms with E-state index in [9.17, 15) is 9.59 Å². The lowest BCUT2D eigenvalue weighted by Gasteiger charge is -2.35. The van der Waals surface area contributed by atoms with Crippen LogP contribution in [0.25, 0.3) is 9.88 Å². The van der Waals surface area contributed by atoms with Crippen molar-refractivity contribution in [1.82, 2.24) is 14.8 Å². The molecule has 2 aliphatic rings. The largest absolute Gasteiger partial charge is 0.378 e. The number of ether oxygens (including phenoxy) is 1. The molecule has 2 aromatic rings. The number of carbonyl (C=O) groups is 2. The summed E-state index contributed by atoms with van der Waals surface area (Å²) in [7, 11) is 0. The average Bonchev–Trinajstić information content (AvgIpc) is 3.37. The molecule has 0 bridgehead atoms. The van der Waals surface area contributed by atoms with E-state index in [2.05, 4.69) is 4.98 Å². The Kier molecular flexibility index (Phi) is 5.56. The molecule has 6 nitrogen and oxygen atoms in total. The Hall–Kier alpha value is -1.77. The fourth-order valence-electron chi connectivity index (χ4n) is 3.62. The molecule has 0 radical (unpaired) electrons. The van der Waals surface area contributed by atoms with E-state index in [1.807, 2.05) is 34.2 Å². The molecule has 0 saturated carbocycles. The number of aryl methyl sites for hydroxylation is 1. The minimum atomic E-state index is 0.0244. The van der Waals surface area contributed by atoms with Crippen LogP contribution in [0.15, 0.2) is 17.5 Å². The van der Waals surface area contributed by atoms with Gasteiger partial charge in [-0.15, -0.1) is 22.7 Å². The van der Waals surface area contributed by atoms with Crippen LogP contribution in [0.2, 0.25) is 0 Å². The van der Waals surface area contributed by atoms with Gasteiger partial charge in [0.25, 0.3) is 5.91 Å². The lowest BCUT2D eigenvalue weighted by Crippen LogP contribution is -2.47. The minimum absolute atomic E-state index is 0.0244. The molecule has 0 unspecified atom stereocenters. The van der Waals surface area contributed by atoms with Gasteiger partial charge in [0.2, 0.25) is 5.91 Å². The molecule has 2 fully saturated rings. The molecule has 0 spiro atoms. The van der Waals surface area contributed by atoms with Gasteiger partial charge in [-0.05, 0) is 31.2 Å².